The minimum Gasteiger partial charge on any atom is -0.457 e. The molecule has 3 rings (SSSR count). The Morgan fingerprint density at radius 1 is 1.12 bits per heavy atom. The van der Waals surface area contributed by atoms with Gasteiger partial charge in [-0.05, 0) is 50.5 Å². The van der Waals surface area contributed by atoms with E-state index in [0.717, 1.165) is 29.9 Å². The summed E-state index contributed by atoms with van der Waals surface area (Å²) in [6.07, 6.45) is 2.68. The smallest absolute Gasteiger partial charge is 0.153 e. The summed E-state index contributed by atoms with van der Waals surface area (Å²) in [5.74, 6) is 2.26. The van der Waals surface area contributed by atoms with Crippen molar-refractivity contribution >= 4 is 6.29 Å². The van der Waals surface area contributed by atoms with Crippen LogP contribution in [-0.4, -0.2) is 34.8 Å². The summed E-state index contributed by atoms with van der Waals surface area (Å²) >= 11 is 0. The highest BCUT2D eigenvalue weighted by Gasteiger charge is 2.10. The van der Waals surface area contributed by atoms with E-state index in [2.05, 4.69) is 14.5 Å². The van der Waals surface area contributed by atoms with E-state index in [9.17, 15) is 4.79 Å². The molecule has 1 heterocycles. The molecule has 128 valence electrons. The number of hydrogen-bond donors (Lipinski definition) is 0. The summed E-state index contributed by atoms with van der Waals surface area (Å²) in [5, 5.41) is 0. The van der Waals surface area contributed by atoms with Crippen LogP contribution in [0.25, 0.3) is 11.3 Å². The molecule has 0 bridgehead atoms. The third-order valence-corrected chi connectivity index (χ3v) is 3.97. The van der Waals surface area contributed by atoms with Gasteiger partial charge in [-0.15, -0.1) is 0 Å². The molecule has 0 spiro atoms. The second-order valence-electron chi connectivity index (χ2n) is 6.14. The molecule has 0 amide bonds. The average molecular weight is 335 g/mol. The number of imidazole rings is 1. The molecular formula is C20H21N3O2. The molecule has 25 heavy (non-hydrogen) atoms. The topological polar surface area (TPSA) is 47.4 Å². The van der Waals surface area contributed by atoms with Crippen LogP contribution in [-0.2, 0) is 13.6 Å². The van der Waals surface area contributed by atoms with Crippen molar-refractivity contribution in [2.24, 2.45) is 7.05 Å². The first-order valence-electron chi connectivity index (χ1n) is 8.06. The van der Waals surface area contributed by atoms with Crippen LogP contribution in [0.2, 0.25) is 0 Å². The summed E-state index contributed by atoms with van der Waals surface area (Å²) in [6, 6.07) is 15.0. The number of carbonyl (C=O) groups excluding carboxylic acids is 1. The maximum absolute atomic E-state index is 11.1. The standard InChI is InChI=1S/C20H21N3O2/c1-22(2)13-20-21-12-18(23(20)3)15-8-10-17(11-9-15)25-19-7-5-4-6-16(19)14-24/h4-12,14H,13H2,1-3H3. The number of benzene rings is 2. The number of para-hydroxylation sites is 1. The van der Waals surface area contributed by atoms with Crippen LogP contribution in [0.3, 0.4) is 0 Å². The summed E-state index contributed by atoms with van der Waals surface area (Å²) in [4.78, 5) is 17.7. The first kappa shape index (κ1) is 16.9. The van der Waals surface area contributed by atoms with Crippen molar-refractivity contribution < 1.29 is 9.53 Å². The summed E-state index contributed by atoms with van der Waals surface area (Å²) in [7, 11) is 6.07. The van der Waals surface area contributed by atoms with Gasteiger partial charge < -0.3 is 14.2 Å². The molecule has 5 nitrogen and oxygen atoms in total. The zero-order valence-electron chi connectivity index (χ0n) is 14.6. The summed E-state index contributed by atoms with van der Waals surface area (Å²) in [5.41, 5.74) is 2.65. The fourth-order valence-corrected chi connectivity index (χ4v) is 2.64. The summed E-state index contributed by atoms with van der Waals surface area (Å²) in [6.45, 7) is 0.792. The first-order chi connectivity index (χ1) is 12.1. The molecule has 0 fully saturated rings. The van der Waals surface area contributed by atoms with Gasteiger partial charge in [0.2, 0.25) is 0 Å². The van der Waals surface area contributed by atoms with Gasteiger partial charge in [-0.1, -0.05) is 12.1 Å². The maximum atomic E-state index is 11.1. The Bertz CT molecular complexity index is 867. The number of hydrogen-bond acceptors (Lipinski definition) is 4. The van der Waals surface area contributed by atoms with Crippen LogP contribution in [0, 0.1) is 0 Å². The lowest BCUT2D eigenvalue weighted by Gasteiger charge is -2.11. The van der Waals surface area contributed by atoms with E-state index in [4.69, 9.17) is 4.74 Å². The van der Waals surface area contributed by atoms with Gasteiger partial charge in [0.05, 0.1) is 24.0 Å². The molecule has 5 heteroatoms. The van der Waals surface area contributed by atoms with Gasteiger partial charge in [0.1, 0.15) is 17.3 Å². The number of nitrogens with zero attached hydrogens (tertiary/aromatic N) is 3. The Balaban J connectivity index is 1.81. The number of aromatic nitrogens is 2. The van der Waals surface area contributed by atoms with E-state index < -0.39 is 0 Å². The predicted octanol–water partition coefficient (Wildman–Crippen LogP) is 3.75. The molecule has 0 aliphatic rings. The van der Waals surface area contributed by atoms with Crippen LogP contribution < -0.4 is 4.74 Å². The van der Waals surface area contributed by atoms with Crippen molar-refractivity contribution in [1.82, 2.24) is 14.5 Å². The molecule has 0 saturated carbocycles. The highest BCUT2D eigenvalue weighted by molar-refractivity contribution is 5.79. The van der Waals surface area contributed by atoms with Crippen molar-refractivity contribution in [2.45, 2.75) is 6.54 Å². The minimum absolute atomic E-state index is 0.534. The minimum atomic E-state index is 0.534. The molecule has 0 radical (unpaired) electrons. The Morgan fingerprint density at radius 3 is 2.52 bits per heavy atom. The Morgan fingerprint density at radius 2 is 1.84 bits per heavy atom. The Labute approximate surface area is 147 Å². The van der Waals surface area contributed by atoms with E-state index >= 15 is 0 Å². The normalized spacial score (nSPS) is 10.9. The molecule has 2 aromatic carbocycles. The average Bonchev–Trinajstić information content (AvgIpc) is 2.96. The molecule has 0 unspecified atom stereocenters. The van der Waals surface area contributed by atoms with E-state index in [1.54, 1.807) is 12.1 Å². The van der Waals surface area contributed by atoms with Gasteiger partial charge in [-0.2, -0.15) is 0 Å². The number of ether oxygens (including phenoxy) is 1. The Kier molecular flexibility index (Phi) is 4.95. The third kappa shape index (κ3) is 3.78. The molecule has 3 aromatic rings. The first-order valence-corrected chi connectivity index (χ1v) is 8.06. The van der Waals surface area contributed by atoms with Crippen molar-refractivity contribution in [1.29, 1.82) is 0 Å². The fraction of sp³-hybridized carbons (Fsp3) is 0.200. The van der Waals surface area contributed by atoms with Crippen molar-refractivity contribution in [3.8, 4) is 22.8 Å². The molecule has 0 aliphatic carbocycles. The molecule has 0 N–H and O–H groups in total. The third-order valence-electron chi connectivity index (χ3n) is 3.97. The second-order valence-corrected chi connectivity index (χ2v) is 6.14. The molecule has 0 saturated heterocycles. The predicted molar refractivity (Wildman–Crippen MR) is 97.9 cm³/mol. The number of carbonyl (C=O) groups is 1. The van der Waals surface area contributed by atoms with E-state index in [0.29, 0.717) is 17.1 Å². The van der Waals surface area contributed by atoms with Crippen molar-refractivity contribution in [2.75, 3.05) is 14.1 Å². The number of aldehydes is 1. The maximum Gasteiger partial charge on any atom is 0.153 e. The van der Waals surface area contributed by atoms with Gasteiger partial charge in [0, 0.05) is 12.6 Å². The highest BCUT2D eigenvalue weighted by Crippen LogP contribution is 2.27. The quantitative estimate of drug-likeness (QED) is 0.644. The zero-order chi connectivity index (χ0) is 17.8. The van der Waals surface area contributed by atoms with Gasteiger partial charge in [-0.25, -0.2) is 4.98 Å². The van der Waals surface area contributed by atoms with Crippen molar-refractivity contribution in [3.05, 3.63) is 66.1 Å². The molecule has 0 atom stereocenters. The van der Waals surface area contributed by atoms with Crippen LogP contribution in [0.5, 0.6) is 11.5 Å². The number of rotatable bonds is 6. The SMILES string of the molecule is CN(C)Cc1ncc(-c2ccc(Oc3ccccc3C=O)cc2)n1C. The van der Waals surface area contributed by atoms with Crippen LogP contribution in [0.15, 0.2) is 54.7 Å². The second kappa shape index (κ2) is 7.32. The van der Waals surface area contributed by atoms with Gasteiger partial charge in [0.25, 0.3) is 0 Å². The van der Waals surface area contributed by atoms with Gasteiger partial charge in [-0.3, -0.25) is 4.79 Å². The lowest BCUT2D eigenvalue weighted by molar-refractivity contribution is 0.112. The lowest BCUT2D eigenvalue weighted by atomic mass is 10.1. The summed E-state index contributed by atoms with van der Waals surface area (Å²) < 4.78 is 7.91. The molecule has 0 aliphatic heterocycles. The van der Waals surface area contributed by atoms with Gasteiger partial charge >= 0.3 is 0 Å². The highest BCUT2D eigenvalue weighted by atomic mass is 16.5. The molecule has 1 aromatic heterocycles. The van der Waals surface area contributed by atoms with Crippen LogP contribution in [0.4, 0.5) is 0 Å². The lowest BCUT2D eigenvalue weighted by Crippen LogP contribution is -2.14. The zero-order valence-corrected chi connectivity index (χ0v) is 14.6. The van der Waals surface area contributed by atoms with E-state index in [-0.39, 0.29) is 0 Å². The molecular weight excluding hydrogens is 314 g/mol. The fourth-order valence-electron chi connectivity index (χ4n) is 2.64. The van der Waals surface area contributed by atoms with Crippen molar-refractivity contribution in [3.63, 3.8) is 0 Å². The van der Waals surface area contributed by atoms with E-state index in [1.807, 2.05) is 63.7 Å². The van der Waals surface area contributed by atoms with E-state index in [1.165, 1.54) is 0 Å². The van der Waals surface area contributed by atoms with Crippen LogP contribution in [0.1, 0.15) is 16.2 Å². The van der Waals surface area contributed by atoms with Gasteiger partial charge in [0.15, 0.2) is 6.29 Å². The Hall–Kier alpha value is -2.92. The largest absolute Gasteiger partial charge is 0.457 e. The van der Waals surface area contributed by atoms with Crippen LogP contribution >= 0.6 is 0 Å². The monoisotopic (exact) mass is 335 g/mol.